The van der Waals surface area contributed by atoms with Crippen LogP contribution < -0.4 is 5.32 Å². The topological polar surface area (TPSA) is 35.6 Å². The van der Waals surface area contributed by atoms with Crippen molar-refractivity contribution in [1.82, 2.24) is 15.1 Å². The Morgan fingerprint density at radius 3 is 1.73 bits per heavy atom. The normalized spacial score (nSPS) is 15.9. The predicted octanol–water partition coefficient (Wildman–Crippen LogP) is 3.90. The summed E-state index contributed by atoms with van der Waals surface area (Å²) in [5.74, 6) is 0. The van der Waals surface area contributed by atoms with Gasteiger partial charge in [0.2, 0.25) is 0 Å². The van der Waals surface area contributed by atoms with Gasteiger partial charge in [-0.1, -0.05) is 60.7 Å². The van der Waals surface area contributed by atoms with E-state index in [0.717, 1.165) is 26.2 Å². The zero-order valence-electron chi connectivity index (χ0n) is 16.0. The van der Waals surface area contributed by atoms with Crippen LogP contribution in [0, 0.1) is 0 Å². The van der Waals surface area contributed by atoms with Gasteiger partial charge in [0.1, 0.15) is 0 Å². The van der Waals surface area contributed by atoms with Crippen molar-refractivity contribution in [3.63, 3.8) is 0 Å². The summed E-state index contributed by atoms with van der Waals surface area (Å²) >= 11 is 0. The average Bonchev–Trinajstić information content (AvgIpc) is 2.63. The molecule has 0 aliphatic carbocycles. The second-order valence-electron chi connectivity index (χ2n) is 7.93. The summed E-state index contributed by atoms with van der Waals surface area (Å²) in [6, 6.07) is 21.5. The van der Waals surface area contributed by atoms with Gasteiger partial charge in [0, 0.05) is 31.7 Å². The largest absolute Gasteiger partial charge is 0.333 e. The SMILES string of the molecule is CC(C)(C)NC(=O)N1CCN(C(c2ccccc2)c2ccccc2)CC1. The Morgan fingerprint density at radius 1 is 0.846 bits per heavy atom. The van der Waals surface area contributed by atoms with Crippen LogP contribution in [0.2, 0.25) is 0 Å². The molecule has 0 unspecified atom stereocenters. The van der Waals surface area contributed by atoms with Gasteiger partial charge in [-0.3, -0.25) is 4.90 Å². The van der Waals surface area contributed by atoms with Gasteiger partial charge >= 0.3 is 6.03 Å². The molecule has 1 N–H and O–H groups in total. The van der Waals surface area contributed by atoms with E-state index in [4.69, 9.17) is 0 Å². The first-order valence-electron chi connectivity index (χ1n) is 9.35. The minimum Gasteiger partial charge on any atom is -0.333 e. The Hall–Kier alpha value is -2.33. The van der Waals surface area contributed by atoms with Crippen LogP contribution in [-0.4, -0.2) is 47.5 Å². The summed E-state index contributed by atoms with van der Waals surface area (Å²) in [5.41, 5.74) is 2.39. The maximum absolute atomic E-state index is 12.4. The van der Waals surface area contributed by atoms with Crippen LogP contribution in [0.4, 0.5) is 4.79 Å². The monoisotopic (exact) mass is 351 g/mol. The maximum atomic E-state index is 12.4. The van der Waals surface area contributed by atoms with Crippen molar-refractivity contribution in [3.05, 3.63) is 71.8 Å². The molecular weight excluding hydrogens is 322 g/mol. The molecular formula is C22H29N3O. The number of carbonyl (C=O) groups is 1. The number of amides is 2. The third-order valence-corrected chi connectivity index (χ3v) is 4.68. The van der Waals surface area contributed by atoms with E-state index in [0.29, 0.717) is 0 Å². The van der Waals surface area contributed by atoms with Crippen molar-refractivity contribution in [2.45, 2.75) is 32.4 Å². The van der Waals surface area contributed by atoms with Crippen LogP contribution in [0.1, 0.15) is 37.9 Å². The Balaban J connectivity index is 1.73. The van der Waals surface area contributed by atoms with Crippen molar-refractivity contribution < 1.29 is 4.79 Å². The van der Waals surface area contributed by atoms with Gasteiger partial charge in [-0.05, 0) is 31.9 Å². The molecule has 0 atom stereocenters. The summed E-state index contributed by atoms with van der Waals surface area (Å²) in [6.45, 7) is 9.28. The molecule has 1 heterocycles. The Morgan fingerprint density at radius 2 is 1.31 bits per heavy atom. The minimum absolute atomic E-state index is 0.0353. The lowest BCUT2D eigenvalue weighted by atomic mass is 9.96. The third-order valence-electron chi connectivity index (χ3n) is 4.68. The van der Waals surface area contributed by atoms with Crippen molar-refractivity contribution in [1.29, 1.82) is 0 Å². The number of benzene rings is 2. The van der Waals surface area contributed by atoms with E-state index in [1.807, 2.05) is 25.7 Å². The fourth-order valence-corrected chi connectivity index (χ4v) is 3.47. The smallest absolute Gasteiger partial charge is 0.317 e. The first-order chi connectivity index (χ1) is 12.4. The quantitative estimate of drug-likeness (QED) is 0.910. The fourth-order valence-electron chi connectivity index (χ4n) is 3.47. The molecule has 138 valence electrons. The summed E-state index contributed by atoms with van der Waals surface area (Å²) in [4.78, 5) is 16.8. The van der Waals surface area contributed by atoms with Crippen molar-refractivity contribution >= 4 is 6.03 Å². The molecule has 2 amide bonds. The highest BCUT2D eigenvalue weighted by Gasteiger charge is 2.29. The molecule has 2 aromatic carbocycles. The molecule has 4 nitrogen and oxygen atoms in total. The fraction of sp³-hybridized carbons (Fsp3) is 0.409. The zero-order chi connectivity index (χ0) is 18.6. The van der Waals surface area contributed by atoms with Gasteiger partial charge in [0.05, 0.1) is 6.04 Å². The minimum atomic E-state index is -0.204. The van der Waals surface area contributed by atoms with Crippen LogP contribution in [0.25, 0.3) is 0 Å². The zero-order valence-corrected chi connectivity index (χ0v) is 16.0. The van der Waals surface area contributed by atoms with Crippen molar-refractivity contribution in [3.8, 4) is 0 Å². The van der Waals surface area contributed by atoms with E-state index in [1.165, 1.54) is 11.1 Å². The van der Waals surface area contributed by atoms with E-state index in [2.05, 4.69) is 70.9 Å². The highest BCUT2D eigenvalue weighted by molar-refractivity contribution is 5.75. The Bertz CT molecular complexity index is 662. The van der Waals surface area contributed by atoms with Crippen molar-refractivity contribution in [2.24, 2.45) is 0 Å². The number of rotatable bonds is 3. The van der Waals surface area contributed by atoms with Crippen LogP contribution in [-0.2, 0) is 0 Å². The predicted molar refractivity (Wildman–Crippen MR) is 106 cm³/mol. The molecule has 0 radical (unpaired) electrons. The molecule has 0 aromatic heterocycles. The number of nitrogens with one attached hydrogen (secondary N) is 1. The highest BCUT2D eigenvalue weighted by atomic mass is 16.2. The van der Waals surface area contributed by atoms with Gasteiger partial charge in [0.15, 0.2) is 0 Å². The molecule has 0 bridgehead atoms. The molecule has 1 aliphatic heterocycles. The first kappa shape index (κ1) is 18.5. The lowest BCUT2D eigenvalue weighted by Gasteiger charge is -2.40. The molecule has 26 heavy (non-hydrogen) atoms. The average molecular weight is 351 g/mol. The molecule has 0 saturated carbocycles. The summed E-state index contributed by atoms with van der Waals surface area (Å²) in [5, 5.41) is 3.06. The number of hydrogen-bond acceptors (Lipinski definition) is 2. The van der Waals surface area contributed by atoms with Gasteiger partial charge in [-0.25, -0.2) is 4.79 Å². The third kappa shape index (κ3) is 4.64. The lowest BCUT2D eigenvalue weighted by Crippen LogP contribution is -2.55. The Labute approximate surface area is 156 Å². The number of carbonyl (C=O) groups excluding carboxylic acids is 1. The maximum Gasteiger partial charge on any atom is 0.317 e. The number of urea groups is 1. The summed E-state index contributed by atoms with van der Waals surface area (Å²) in [6.07, 6.45) is 0. The molecule has 4 heteroatoms. The molecule has 1 aliphatic rings. The van der Waals surface area contributed by atoms with Gasteiger partial charge in [-0.2, -0.15) is 0 Å². The molecule has 1 fully saturated rings. The van der Waals surface area contributed by atoms with Crippen LogP contribution in [0.5, 0.6) is 0 Å². The molecule has 0 spiro atoms. The molecule has 1 saturated heterocycles. The standard InChI is InChI=1S/C22H29N3O/c1-22(2,3)23-21(26)25-16-14-24(15-17-25)20(18-10-6-4-7-11-18)19-12-8-5-9-13-19/h4-13,20H,14-17H2,1-3H3,(H,23,26). The summed E-state index contributed by atoms with van der Waals surface area (Å²) in [7, 11) is 0. The van der Waals surface area contributed by atoms with Gasteiger partial charge in [-0.15, -0.1) is 0 Å². The van der Waals surface area contributed by atoms with Gasteiger partial charge < -0.3 is 10.2 Å². The number of nitrogens with zero attached hydrogens (tertiary/aromatic N) is 2. The van der Waals surface area contributed by atoms with Crippen molar-refractivity contribution in [2.75, 3.05) is 26.2 Å². The highest BCUT2D eigenvalue weighted by Crippen LogP contribution is 2.29. The lowest BCUT2D eigenvalue weighted by molar-refractivity contribution is 0.117. The van der Waals surface area contributed by atoms with E-state index in [1.54, 1.807) is 0 Å². The first-order valence-corrected chi connectivity index (χ1v) is 9.35. The molecule has 2 aromatic rings. The van der Waals surface area contributed by atoms with Gasteiger partial charge in [0.25, 0.3) is 0 Å². The molecule has 3 rings (SSSR count). The van der Waals surface area contributed by atoms with Crippen LogP contribution in [0.3, 0.4) is 0 Å². The van der Waals surface area contributed by atoms with Crippen LogP contribution in [0.15, 0.2) is 60.7 Å². The Kier molecular flexibility index (Phi) is 5.62. The van der Waals surface area contributed by atoms with E-state index >= 15 is 0 Å². The van der Waals surface area contributed by atoms with E-state index < -0.39 is 0 Å². The summed E-state index contributed by atoms with van der Waals surface area (Å²) < 4.78 is 0. The number of piperazine rings is 1. The second kappa shape index (κ2) is 7.92. The second-order valence-corrected chi connectivity index (χ2v) is 7.93. The van der Waals surface area contributed by atoms with E-state index in [9.17, 15) is 4.79 Å². The van der Waals surface area contributed by atoms with E-state index in [-0.39, 0.29) is 17.6 Å². The number of hydrogen-bond donors (Lipinski definition) is 1. The van der Waals surface area contributed by atoms with Crippen LogP contribution >= 0.6 is 0 Å².